The number of aromatic hydroxyl groups is 1. The van der Waals surface area contributed by atoms with Crippen LogP contribution in [0.1, 0.15) is 0 Å². The number of fused-ring (bicyclic) bond motifs is 1. The summed E-state index contributed by atoms with van der Waals surface area (Å²) in [5.41, 5.74) is 0.0692. The van der Waals surface area contributed by atoms with Gasteiger partial charge in [-0.1, -0.05) is 0 Å². The van der Waals surface area contributed by atoms with E-state index in [4.69, 9.17) is 0 Å². The van der Waals surface area contributed by atoms with E-state index in [1.807, 2.05) is 0 Å². The summed E-state index contributed by atoms with van der Waals surface area (Å²) in [7, 11) is 0. The highest BCUT2D eigenvalue weighted by Crippen LogP contribution is 2.37. The van der Waals surface area contributed by atoms with Gasteiger partial charge in [0.05, 0.1) is 0 Å². The van der Waals surface area contributed by atoms with E-state index in [2.05, 4.69) is 24.9 Å². The topological polar surface area (TPSA) is 124 Å². The predicted molar refractivity (Wildman–Crippen MR) is 82.4 cm³/mol. The Morgan fingerprint density at radius 3 is 2.92 bits per heavy atom. The summed E-state index contributed by atoms with van der Waals surface area (Å²) >= 11 is -1.97. The molecule has 3 N–H and O–H groups in total. The van der Waals surface area contributed by atoms with Gasteiger partial charge in [0.25, 0.3) is 5.91 Å². The summed E-state index contributed by atoms with van der Waals surface area (Å²) in [5, 5.41) is 16.8. The Hall–Kier alpha value is -3.08. The Kier molecular flexibility index (Phi) is 3.16. The highest BCUT2D eigenvalue weighted by molar-refractivity contribution is 7.85. The van der Waals surface area contributed by atoms with Gasteiger partial charge in [-0.3, -0.25) is 18.9 Å². The van der Waals surface area contributed by atoms with Crippen LogP contribution < -0.4 is 9.03 Å². The van der Waals surface area contributed by atoms with Crippen LogP contribution in [0.25, 0.3) is 22.4 Å². The first-order valence-corrected chi connectivity index (χ1v) is 7.82. The molecule has 24 heavy (non-hydrogen) atoms. The zero-order chi connectivity index (χ0) is 16.8. The molecule has 4 rings (SSSR count). The number of amides is 1. The number of carbonyl (C=O) groups excluding carboxylic acids is 1. The van der Waals surface area contributed by atoms with E-state index in [1.165, 1.54) is 18.5 Å². The lowest BCUT2D eigenvalue weighted by Gasteiger charge is -2.17. The van der Waals surface area contributed by atoms with Crippen LogP contribution in [0.2, 0.25) is 0 Å². The highest BCUT2D eigenvalue weighted by atomic mass is 32.2. The molecule has 1 aliphatic heterocycles. The van der Waals surface area contributed by atoms with Crippen molar-refractivity contribution >= 4 is 33.7 Å². The fourth-order valence-electron chi connectivity index (χ4n) is 2.40. The molecule has 0 aliphatic carbocycles. The Morgan fingerprint density at radius 2 is 2.25 bits per heavy atom. The zero-order valence-electron chi connectivity index (χ0n) is 11.9. The van der Waals surface area contributed by atoms with Gasteiger partial charge in [0.2, 0.25) is 11.2 Å². The number of phenolic OH excluding ortho intramolecular Hbond substituents is 1. The SMILES string of the molecule is O=C1CN(c2c(O)cc3cnc(-c4ccn[nH]4)nc3c2F)S(=O)N1. The average molecular weight is 348 g/mol. The maximum Gasteiger partial charge on any atom is 0.253 e. The Labute approximate surface area is 136 Å². The molecule has 1 aromatic carbocycles. The number of phenols is 1. The van der Waals surface area contributed by atoms with Crippen molar-refractivity contribution in [3.8, 4) is 17.3 Å². The number of nitrogens with zero attached hydrogens (tertiary/aromatic N) is 4. The van der Waals surface area contributed by atoms with E-state index in [0.717, 1.165) is 4.31 Å². The fraction of sp³-hybridized carbons (Fsp3) is 0.0769. The second-order valence-corrected chi connectivity index (χ2v) is 6.11. The van der Waals surface area contributed by atoms with Gasteiger partial charge < -0.3 is 5.11 Å². The molecule has 1 saturated heterocycles. The van der Waals surface area contributed by atoms with Gasteiger partial charge in [-0.25, -0.2) is 18.6 Å². The number of anilines is 1. The molecule has 122 valence electrons. The molecule has 0 radical (unpaired) electrons. The van der Waals surface area contributed by atoms with E-state index < -0.39 is 28.6 Å². The lowest BCUT2D eigenvalue weighted by Crippen LogP contribution is -2.23. The van der Waals surface area contributed by atoms with Crippen molar-refractivity contribution in [2.75, 3.05) is 10.8 Å². The number of halogens is 1. The normalized spacial score (nSPS) is 17.5. The maximum absolute atomic E-state index is 14.9. The molecule has 1 atom stereocenters. The number of benzene rings is 1. The summed E-state index contributed by atoms with van der Waals surface area (Å²) in [6, 6.07) is 2.88. The third-order valence-corrected chi connectivity index (χ3v) is 4.56. The van der Waals surface area contributed by atoms with Crippen LogP contribution in [-0.2, 0) is 16.0 Å². The molecule has 0 saturated carbocycles. The van der Waals surface area contributed by atoms with Crippen molar-refractivity contribution < 1.29 is 18.5 Å². The van der Waals surface area contributed by atoms with Gasteiger partial charge >= 0.3 is 0 Å². The summed E-state index contributed by atoms with van der Waals surface area (Å²) in [5.74, 6) is -1.67. The molecule has 0 spiro atoms. The van der Waals surface area contributed by atoms with Gasteiger partial charge in [-0.15, -0.1) is 0 Å². The first-order chi connectivity index (χ1) is 11.5. The van der Waals surface area contributed by atoms with Gasteiger partial charge in [0.15, 0.2) is 11.6 Å². The van der Waals surface area contributed by atoms with Crippen molar-refractivity contribution in [1.82, 2.24) is 24.9 Å². The standard InChI is InChI=1S/C13H9FN6O3S/c14-10-11-6(4-15-13(17-11)7-1-2-16-18-7)3-8(21)12(10)20-5-9(22)19-24(20)23/h1-4,21H,5H2,(H,16,18)(H,19,22). The molecular weight excluding hydrogens is 339 g/mol. The van der Waals surface area contributed by atoms with Crippen LogP contribution in [0.4, 0.5) is 10.1 Å². The highest BCUT2D eigenvalue weighted by Gasteiger charge is 2.32. The quantitative estimate of drug-likeness (QED) is 0.615. The van der Waals surface area contributed by atoms with E-state index in [9.17, 15) is 18.5 Å². The Balaban J connectivity index is 1.92. The van der Waals surface area contributed by atoms with E-state index in [0.29, 0.717) is 5.69 Å². The molecule has 2 aromatic heterocycles. The molecule has 3 heterocycles. The minimum absolute atomic E-state index is 0.0706. The second-order valence-electron chi connectivity index (χ2n) is 4.97. The summed E-state index contributed by atoms with van der Waals surface area (Å²) < 4.78 is 29.8. The Morgan fingerprint density at radius 1 is 1.42 bits per heavy atom. The summed E-state index contributed by atoms with van der Waals surface area (Å²) in [6.07, 6.45) is 2.86. The van der Waals surface area contributed by atoms with Gasteiger partial charge in [0, 0.05) is 17.8 Å². The first kappa shape index (κ1) is 14.5. The van der Waals surface area contributed by atoms with Crippen LogP contribution in [0.5, 0.6) is 5.75 Å². The predicted octanol–water partition coefficient (Wildman–Crippen LogP) is 0.379. The monoisotopic (exact) mass is 348 g/mol. The minimum atomic E-state index is -1.97. The molecule has 0 bridgehead atoms. The van der Waals surface area contributed by atoms with Crippen LogP contribution in [0.15, 0.2) is 24.5 Å². The third kappa shape index (κ3) is 2.17. The fourth-order valence-corrected chi connectivity index (χ4v) is 3.34. The summed E-state index contributed by atoms with van der Waals surface area (Å²) in [4.78, 5) is 19.6. The van der Waals surface area contributed by atoms with Crippen molar-refractivity contribution in [1.29, 1.82) is 0 Å². The second kappa shape index (κ2) is 5.23. The van der Waals surface area contributed by atoms with E-state index >= 15 is 0 Å². The molecule has 3 aromatic rings. The average Bonchev–Trinajstić information content (AvgIpc) is 3.17. The lowest BCUT2D eigenvalue weighted by atomic mass is 10.2. The van der Waals surface area contributed by atoms with Gasteiger partial charge in [-0.05, 0) is 12.1 Å². The van der Waals surface area contributed by atoms with Crippen molar-refractivity contribution in [3.63, 3.8) is 0 Å². The number of aromatic nitrogens is 4. The number of hydrogen-bond acceptors (Lipinski definition) is 6. The first-order valence-electron chi connectivity index (χ1n) is 6.71. The molecule has 1 unspecified atom stereocenters. The van der Waals surface area contributed by atoms with Crippen LogP contribution >= 0.6 is 0 Å². The van der Waals surface area contributed by atoms with Gasteiger partial charge in [-0.2, -0.15) is 5.10 Å². The van der Waals surface area contributed by atoms with E-state index in [1.54, 1.807) is 6.07 Å². The largest absolute Gasteiger partial charge is 0.506 e. The smallest absolute Gasteiger partial charge is 0.253 e. The molecule has 1 aliphatic rings. The van der Waals surface area contributed by atoms with Gasteiger partial charge in [0.1, 0.15) is 29.2 Å². The van der Waals surface area contributed by atoms with E-state index in [-0.39, 0.29) is 29.0 Å². The number of carbonyl (C=O) groups is 1. The van der Waals surface area contributed by atoms with Crippen molar-refractivity contribution in [3.05, 3.63) is 30.3 Å². The van der Waals surface area contributed by atoms with Crippen LogP contribution in [0.3, 0.4) is 0 Å². The molecule has 9 nitrogen and oxygen atoms in total. The molecule has 1 amide bonds. The number of hydrogen-bond donors (Lipinski definition) is 3. The molecule has 11 heteroatoms. The number of H-pyrrole nitrogens is 1. The lowest BCUT2D eigenvalue weighted by molar-refractivity contribution is -0.117. The Bertz CT molecular complexity index is 993. The zero-order valence-corrected chi connectivity index (χ0v) is 12.7. The number of rotatable bonds is 2. The van der Waals surface area contributed by atoms with Crippen LogP contribution in [-0.4, -0.2) is 41.9 Å². The van der Waals surface area contributed by atoms with Crippen molar-refractivity contribution in [2.24, 2.45) is 0 Å². The molecule has 1 fully saturated rings. The van der Waals surface area contributed by atoms with Crippen LogP contribution in [0, 0.1) is 5.82 Å². The third-order valence-electron chi connectivity index (χ3n) is 3.45. The number of aromatic amines is 1. The molecular formula is C13H9FN6O3S. The maximum atomic E-state index is 14.9. The number of nitrogens with one attached hydrogen (secondary N) is 2. The summed E-state index contributed by atoms with van der Waals surface area (Å²) in [6.45, 7) is -0.332. The van der Waals surface area contributed by atoms with Crippen molar-refractivity contribution in [2.45, 2.75) is 0 Å². The minimum Gasteiger partial charge on any atom is -0.506 e.